The molecular formula is C17H16ClN3O. The van der Waals surface area contributed by atoms with Crippen LogP contribution in [0.15, 0.2) is 42.6 Å². The van der Waals surface area contributed by atoms with Gasteiger partial charge in [0, 0.05) is 16.9 Å². The van der Waals surface area contributed by atoms with Crippen molar-refractivity contribution in [1.82, 2.24) is 9.38 Å². The van der Waals surface area contributed by atoms with Crippen LogP contribution in [0.2, 0.25) is 5.02 Å². The fourth-order valence-electron chi connectivity index (χ4n) is 2.41. The molecule has 0 radical (unpaired) electrons. The van der Waals surface area contributed by atoms with Crippen LogP contribution in [-0.2, 0) is 11.2 Å². The van der Waals surface area contributed by atoms with Gasteiger partial charge in [-0.25, -0.2) is 4.98 Å². The summed E-state index contributed by atoms with van der Waals surface area (Å²) in [6.45, 7) is 3.96. The van der Waals surface area contributed by atoms with E-state index in [0.717, 1.165) is 22.6 Å². The molecule has 0 fully saturated rings. The highest BCUT2D eigenvalue weighted by atomic mass is 35.5. The first kappa shape index (κ1) is 14.6. The molecule has 0 aliphatic carbocycles. The molecule has 5 heteroatoms. The maximum Gasteiger partial charge on any atom is 0.228 e. The molecule has 4 nitrogen and oxygen atoms in total. The third-order valence-electron chi connectivity index (χ3n) is 3.71. The number of imidazole rings is 1. The average Bonchev–Trinajstić information content (AvgIpc) is 2.78. The second kappa shape index (κ2) is 5.81. The predicted molar refractivity (Wildman–Crippen MR) is 88.5 cm³/mol. The van der Waals surface area contributed by atoms with E-state index in [2.05, 4.69) is 10.3 Å². The quantitative estimate of drug-likeness (QED) is 0.799. The molecule has 0 saturated carbocycles. The molecule has 0 spiro atoms. The molecule has 1 aromatic carbocycles. The van der Waals surface area contributed by atoms with Gasteiger partial charge in [-0.05, 0) is 37.6 Å². The summed E-state index contributed by atoms with van der Waals surface area (Å²) >= 11 is 6.09. The number of hydrogen-bond acceptors (Lipinski definition) is 2. The Morgan fingerprint density at radius 3 is 2.77 bits per heavy atom. The van der Waals surface area contributed by atoms with Crippen LogP contribution in [0.3, 0.4) is 0 Å². The fraction of sp³-hybridized carbons (Fsp3) is 0.176. The smallest absolute Gasteiger partial charge is 0.228 e. The summed E-state index contributed by atoms with van der Waals surface area (Å²) in [6.07, 6.45) is 2.17. The number of anilines is 1. The number of aromatic nitrogens is 2. The first-order chi connectivity index (χ1) is 10.6. The Hall–Kier alpha value is -2.33. The largest absolute Gasteiger partial charge is 0.323 e. The molecule has 0 aliphatic rings. The van der Waals surface area contributed by atoms with E-state index in [1.165, 1.54) is 0 Å². The standard InChI is InChI=1S/C17H16ClN3O/c1-11-12(2)21-9-5-8-15(17(21)19-11)20-16(22)10-13-6-3-4-7-14(13)18/h3-9H,10H2,1-2H3,(H,20,22). The van der Waals surface area contributed by atoms with Gasteiger partial charge in [0.25, 0.3) is 0 Å². The molecule has 1 amide bonds. The number of hydrogen-bond donors (Lipinski definition) is 1. The summed E-state index contributed by atoms with van der Waals surface area (Å²) in [5.74, 6) is -0.112. The molecule has 22 heavy (non-hydrogen) atoms. The van der Waals surface area contributed by atoms with Gasteiger partial charge in [-0.3, -0.25) is 4.79 Å². The van der Waals surface area contributed by atoms with Crippen LogP contribution >= 0.6 is 11.6 Å². The van der Waals surface area contributed by atoms with E-state index in [-0.39, 0.29) is 12.3 Å². The Kier molecular flexibility index (Phi) is 3.86. The second-order valence-corrected chi connectivity index (χ2v) is 5.62. The number of rotatable bonds is 3. The Morgan fingerprint density at radius 2 is 2.00 bits per heavy atom. The molecule has 2 heterocycles. The summed E-state index contributed by atoms with van der Waals surface area (Å²) in [6, 6.07) is 11.1. The highest BCUT2D eigenvalue weighted by molar-refractivity contribution is 6.31. The first-order valence-electron chi connectivity index (χ1n) is 7.04. The zero-order chi connectivity index (χ0) is 15.7. The van der Waals surface area contributed by atoms with Crippen molar-refractivity contribution in [3.63, 3.8) is 0 Å². The van der Waals surface area contributed by atoms with Gasteiger partial charge in [0.05, 0.1) is 17.8 Å². The van der Waals surface area contributed by atoms with Crippen LogP contribution in [0.4, 0.5) is 5.69 Å². The number of aryl methyl sites for hydroxylation is 2. The van der Waals surface area contributed by atoms with Gasteiger partial charge in [0.2, 0.25) is 5.91 Å². The number of halogens is 1. The molecule has 3 rings (SSSR count). The third-order valence-corrected chi connectivity index (χ3v) is 4.08. The van der Waals surface area contributed by atoms with Crippen molar-refractivity contribution in [2.24, 2.45) is 0 Å². The van der Waals surface area contributed by atoms with Crippen LogP contribution in [-0.4, -0.2) is 15.3 Å². The van der Waals surface area contributed by atoms with Crippen molar-refractivity contribution < 1.29 is 4.79 Å². The number of carbonyl (C=O) groups is 1. The maximum absolute atomic E-state index is 12.3. The van der Waals surface area contributed by atoms with Crippen LogP contribution in [0.5, 0.6) is 0 Å². The van der Waals surface area contributed by atoms with E-state index >= 15 is 0 Å². The minimum atomic E-state index is -0.112. The predicted octanol–water partition coefficient (Wildman–Crippen LogP) is 3.79. The topological polar surface area (TPSA) is 46.4 Å². The lowest BCUT2D eigenvalue weighted by molar-refractivity contribution is -0.115. The average molecular weight is 314 g/mol. The van der Waals surface area contributed by atoms with Crippen molar-refractivity contribution in [3.8, 4) is 0 Å². The summed E-state index contributed by atoms with van der Waals surface area (Å²) in [5.41, 5.74) is 4.29. The summed E-state index contributed by atoms with van der Waals surface area (Å²) in [4.78, 5) is 16.8. The Bertz CT molecular complexity index is 854. The van der Waals surface area contributed by atoms with E-state index in [4.69, 9.17) is 11.6 Å². The van der Waals surface area contributed by atoms with Gasteiger partial charge in [-0.15, -0.1) is 0 Å². The lowest BCUT2D eigenvalue weighted by Gasteiger charge is -2.08. The van der Waals surface area contributed by atoms with Crippen LogP contribution in [0.25, 0.3) is 5.65 Å². The van der Waals surface area contributed by atoms with E-state index in [9.17, 15) is 4.79 Å². The molecule has 0 unspecified atom stereocenters. The SMILES string of the molecule is Cc1nc2c(NC(=O)Cc3ccccc3Cl)cccn2c1C. The van der Waals surface area contributed by atoms with E-state index in [0.29, 0.717) is 10.7 Å². The molecular weight excluding hydrogens is 298 g/mol. The van der Waals surface area contributed by atoms with Gasteiger partial charge in [0.1, 0.15) is 0 Å². The number of benzene rings is 1. The number of amides is 1. The number of carbonyl (C=O) groups excluding carboxylic acids is 1. The zero-order valence-corrected chi connectivity index (χ0v) is 13.2. The second-order valence-electron chi connectivity index (χ2n) is 5.21. The van der Waals surface area contributed by atoms with Crippen LogP contribution < -0.4 is 5.32 Å². The Morgan fingerprint density at radius 1 is 1.23 bits per heavy atom. The number of fused-ring (bicyclic) bond motifs is 1. The Labute approximate surface area is 133 Å². The minimum absolute atomic E-state index is 0.112. The van der Waals surface area contributed by atoms with Gasteiger partial charge < -0.3 is 9.72 Å². The molecule has 3 aromatic rings. The molecule has 0 bridgehead atoms. The normalized spacial score (nSPS) is 10.9. The summed E-state index contributed by atoms with van der Waals surface area (Å²) in [5, 5.41) is 3.52. The molecule has 112 valence electrons. The number of nitrogens with zero attached hydrogens (tertiary/aromatic N) is 2. The van der Waals surface area contributed by atoms with Gasteiger partial charge in [-0.2, -0.15) is 0 Å². The highest BCUT2D eigenvalue weighted by Crippen LogP contribution is 2.20. The summed E-state index contributed by atoms with van der Waals surface area (Å²) < 4.78 is 1.97. The van der Waals surface area contributed by atoms with Crippen LogP contribution in [0.1, 0.15) is 17.0 Å². The van der Waals surface area contributed by atoms with Gasteiger partial charge in [-0.1, -0.05) is 29.8 Å². The monoisotopic (exact) mass is 313 g/mol. The van der Waals surface area contributed by atoms with Crippen LogP contribution in [0, 0.1) is 13.8 Å². The first-order valence-corrected chi connectivity index (χ1v) is 7.41. The molecule has 0 aliphatic heterocycles. The lowest BCUT2D eigenvalue weighted by atomic mass is 10.1. The van der Waals surface area contributed by atoms with Gasteiger partial charge >= 0.3 is 0 Å². The minimum Gasteiger partial charge on any atom is -0.323 e. The summed E-state index contributed by atoms with van der Waals surface area (Å²) in [7, 11) is 0. The maximum atomic E-state index is 12.3. The fourth-order valence-corrected chi connectivity index (χ4v) is 2.61. The van der Waals surface area contributed by atoms with E-state index in [1.54, 1.807) is 6.07 Å². The van der Waals surface area contributed by atoms with Crippen molar-refractivity contribution in [3.05, 3.63) is 64.6 Å². The van der Waals surface area contributed by atoms with E-state index in [1.807, 2.05) is 54.8 Å². The lowest BCUT2D eigenvalue weighted by Crippen LogP contribution is -2.15. The zero-order valence-electron chi connectivity index (χ0n) is 12.4. The highest BCUT2D eigenvalue weighted by Gasteiger charge is 2.12. The Balaban J connectivity index is 1.86. The third kappa shape index (κ3) is 2.70. The molecule has 0 saturated heterocycles. The van der Waals surface area contributed by atoms with Crippen molar-refractivity contribution in [1.29, 1.82) is 0 Å². The molecule has 2 aromatic heterocycles. The van der Waals surface area contributed by atoms with Crippen molar-refractivity contribution in [2.75, 3.05) is 5.32 Å². The molecule has 0 atom stereocenters. The van der Waals surface area contributed by atoms with E-state index < -0.39 is 0 Å². The number of nitrogens with one attached hydrogen (secondary N) is 1. The number of pyridine rings is 1. The van der Waals surface area contributed by atoms with Crippen molar-refractivity contribution >= 4 is 28.8 Å². The molecule has 1 N–H and O–H groups in total. The van der Waals surface area contributed by atoms with Gasteiger partial charge in [0.15, 0.2) is 5.65 Å². The van der Waals surface area contributed by atoms with Crippen molar-refractivity contribution in [2.45, 2.75) is 20.3 Å².